The molecule has 6 heteroatoms. The van der Waals surface area contributed by atoms with Gasteiger partial charge in [-0.3, -0.25) is 9.59 Å². The zero-order valence-electron chi connectivity index (χ0n) is 16.7. The highest BCUT2D eigenvalue weighted by atomic mass is 16.5. The average molecular weight is 396 g/mol. The Morgan fingerprint density at radius 2 is 1.93 bits per heavy atom. The molecule has 2 aromatic rings. The van der Waals surface area contributed by atoms with E-state index >= 15 is 0 Å². The molecule has 0 unspecified atom stereocenters. The monoisotopic (exact) mass is 396 g/mol. The van der Waals surface area contributed by atoms with Crippen molar-refractivity contribution in [2.24, 2.45) is 0 Å². The molecule has 0 saturated carbocycles. The van der Waals surface area contributed by atoms with Crippen molar-refractivity contribution in [3.63, 3.8) is 0 Å². The lowest BCUT2D eigenvalue weighted by Crippen LogP contribution is -2.45. The SMILES string of the molecule is C=CCN(CC(=O)N(Cc1ccco1)C[C@H]1CCCO1)C(=O)Cc1ccccc1. The predicted molar refractivity (Wildman–Crippen MR) is 110 cm³/mol. The predicted octanol–water partition coefficient (Wildman–Crippen LogP) is 3.04. The first-order valence-corrected chi connectivity index (χ1v) is 10.00. The highest BCUT2D eigenvalue weighted by Crippen LogP contribution is 2.16. The van der Waals surface area contributed by atoms with Gasteiger partial charge in [0.2, 0.25) is 11.8 Å². The molecular formula is C23H28N2O4. The van der Waals surface area contributed by atoms with E-state index in [2.05, 4.69) is 6.58 Å². The number of nitrogens with zero attached hydrogens (tertiary/aromatic N) is 2. The summed E-state index contributed by atoms with van der Waals surface area (Å²) in [5.74, 6) is 0.488. The molecule has 3 rings (SSSR count). The zero-order chi connectivity index (χ0) is 20.5. The van der Waals surface area contributed by atoms with Gasteiger partial charge in [-0.25, -0.2) is 0 Å². The van der Waals surface area contributed by atoms with Crippen LogP contribution in [0.2, 0.25) is 0 Å². The topological polar surface area (TPSA) is 63.0 Å². The molecule has 0 radical (unpaired) electrons. The van der Waals surface area contributed by atoms with Gasteiger partial charge in [0, 0.05) is 19.7 Å². The van der Waals surface area contributed by atoms with E-state index in [9.17, 15) is 9.59 Å². The fraction of sp³-hybridized carbons (Fsp3) is 0.391. The van der Waals surface area contributed by atoms with Crippen molar-refractivity contribution in [3.8, 4) is 0 Å². The quantitative estimate of drug-likeness (QED) is 0.579. The molecule has 1 aliphatic rings. The van der Waals surface area contributed by atoms with Crippen LogP contribution >= 0.6 is 0 Å². The van der Waals surface area contributed by atoms with E-state index in [0.29, 0.717) is 25.4 Å². The number of rotatable bonds is 10. The molecular weight excluding hydrogens is 368 g/mol. The average Bonchev–Trinajstić information content (AvgIpc) is 3.42. The van der Waals surface area contributed by atoms with Crippen LogP contribution in [0.4, 0.5) is 0 Å². The first kappa shape index (κ1) is 20.9. The van der Waals surface area contributed by atoms with Gasteiger partial charge in [0.1, 0.15) is 12.3 Å². The first-order chi connectivity index (χ1) is 14.2. The van der Waals surface area contributed by atoms with Gasteiger partial charge in [0.05, 0.1) is 25.3 Å². The molecule has 1 atom stereocenters. The normalized spacial score (nSPS) is 15.8. The van der Waals surface area contributed by atoms with Crippen molar-refractivity contribution in [1.82, 2.24) is 9.80 Å². The van der Waals surface area contributed by atoms with Crippen molar-refractivity contribution in [3.05, 3.63) is 72.7 Å². The van der Waals surface area contributed by atoms with Crippen LogP contribution in [0.5, 0.6) is 0 Å². The maximum absolute atomic E-state index is 13.1. The van der Waals surface area contributed by atoms with Crippen LogP contribution in [-0.2, 0) is 27.3 Å². The molecule has 0 aliphatic carbocycles. The molecule has 1 aromatic heterocycles. The van der Waals surface area contributed by atoms with Crippen molar-refractivity contribution in [1.29, 1.82) is 0 Å². The minimum atomic E-state index is -0.125. The van der Waals surface area contributed by atoms with Crippen LogP contribution in [0.1, 0.15) is 24.2 Å². The third kappa shape index (κ3) is 6.32. The molecule has 6 nitrogen and oxygen atoms in total. The summed E-state index contributed by atoms with van der Waals surface area (Å²) in [6.07, 6.45) is 5.47. The molecule has 1 aromatic carbocycles. The molecule has 2 heterocycles. The summed E-state index contributed by atoms with van der Waals surface area (Å²) in [5.41, 5.74) is 0.922. The van der Waals surface area contributed by atoms with Crippen molar-refractivity contribution >= 4 is 11.8 Å². The maximum Gasteiger partial charge on any atom is 0.242 e. The van der Waals surface area contributed by atoms with Gasteiger partial charge in [-0.1, -0.05) is 36.4 Å². The van der Waals surface area contributed by atoms with Crippen LogP contribution in [0.15, 0.2) is 65.8 Å². The second kappa shape index (κ2) is 10.6. The van der Waals surface area contributed by atoms with Crippen LogP contribution in [-0.4, -0.2) is 54.0 Å². The summed E-state index contributed by atoms with van der Waals surface area (Å²) < 4.78 is 11.1. The minimum Gasteiger partial charge on any atom is -0.467 e. The maximum atomic E-state index is 13.1. The molecule has 29 heavy (non-hydrogen) atoms. The third-order valence-electron chi connectivity index (χ3n) is 4.95. The highest BCUT2D eigenvalue weighted by molar-refractivity contribution is 5.86. The van der Waals surface area contributed by atoms with E-state index in [0.717, 1.165) is 25.0 Å². The minimum absolute atomic E-state index is 0.00507. The number of carbonyl (C=O) groups is 2. The van der Waals surface area contributed by atoms with E-state index in [1.54, 1.807) is 28.2 Å². The summed E-state index contributed by atoms with van der Waals surface area (Å²) in [5, 5.41) is 0. The number of furan rings is 1. The Labute approximate surface area is 171 Å². The van der Waals surface area contributed by atoms with Gasteiger partial charge in [-0.15, -0.1) is 6.58 Å². The number of hydrogen-bond acceptors (Lipinski definition) is 4. The Bertz CT molecular complexity index is 782. The Kier molecular flexibility index (Phi) is 7.64. The standard InChI is InChI=1S/C23H28N2O4/c1-2-12-24(22(26)15-19-8-4-3-5-9-19)18-23(27)25(16-20-10-6-13-28-20)17-21-11-7-14-29-21/h2-6,8-10,13,21H,1,7,11-12,14-18H2/t21-/m1/s1. The number of ether oxygens (including phenoxy) is 1. The summed E-state index contributed by atoms with van der Waals surface area (Å²) in [4.78, 5) is 29.2. The van der Waals surface area contributed by atoms with Gasteiger partial charge >= 0.3 is 0 Å². The van der Waals surface area contributed by atoms with Gasteiger partial charge in [-0.2, -0.15) is 0 Å². The number of carbonyl (C=O) groups excluding carboxylic acids is 2. The summed E-state index contributed by atoms with van der Waals surface area (Å²) in [6.45, 7) is 5.65. The van der Waals surface area contributed by atoms with Gasteiger partial charge < -0.3 is 19.0 Å². The largest absolute Gasteiger partial charge is 0.467 e. The molecule has 0 bridgehead atoms. The van der Waals surface area contributed by atoms with Crippen molar-refractivity contribution in [2.75, 3.05) is 26.2 Å². The summed E-state index contributed by atoms with van der Waals surface area (Å²) in [6, 6.07) is 13.2. The molecule has 0 spiro atoms. The molecule has 2 amide bonds. The Morgan fingerprint density at radius 3 is 2.59 bits per heavy atom. The second-order valence-corrected chi connectivity index (χ2v) is 7.21. The number of benzene rings is 1. The summed E-state index contributed by atoms with van der Waals surface area (Å²) >= 11 is 0. The van der Waals surface area contributed by atoms with Crippen LogP contribution < -0.4 is 0 Å². The number of amides is 2. The third-order valence-corrected chi connectivity index (χ3v) is 4.95. The zero-order valence-corrected chi connectivity index (χ0v) is 16.7. The Balaban J connectivity index is 1.66. The van der Waals surface area contributed by atoms with Crippen LogP contribution in [0.25, 0.3) is 0 Å². The van der Waals surface area contributed by atoms with Gasteiger partial charge in [-0.05, 0) is 30.5 Å². The van der Waals surface area contributed by atoms with Gasteiger partial charge in [0.15, 0.2) is 0 Å². The molecule has 154 valence electrons. The molecule has 1 saturated heterocycles. The van der Waals surface area contributed by atoms with Crippen molar-refractivity contribution in [2.45, 2.75) is 31.9 Å². The highest BCUT2D eigenvalue weighted by Gasteiger charge is 2.26. The molecule has 0 N–H and O–H groups in total. The lowest BCUT2D eigenvalue weighted by atomic mass is 10.1. The van der Waals surface area contributed by atoms with E-state index in [1.807, 2.05) is 36.4 Å². The Hall–Kier alpha value is -2.86. The fourth-order valence-electron chi connectivity index (χ4n) is 3.44. The van der Waals surface area contributed by atoms with Crippen LogP contribution in [0, 0.1) is 0 Å². The Morgan fingerprint density at radius 1 is 1.10 bits per heavy atom. The van der Waals surface area contributed by atoms with E-state index < -0.39 is 0 Å². The second-order valence-electron chi connectivity index (χ2n) is 7.21. The van der Waals surface area contributed by atoms with Gasteiger partial charge in [0.25, 0.3) is 0 Å². The molecule has 1 aliphatic heterocycles. The first-order valence-electron chi connectivity index (χ1n) is 10.00. The van der Waals surface area contributed by atoms with E-state index in [-0.39, 0.29) is 30.9 Å². The van der Waals surface area contributed by atoms with Crippen LogP contribution in [0.3, 0.4) is 0 Å². The smallest absolute Gasteiger partial charge is 0.242 e. The molecule has 1 fully saturated rings. The lowest BCUT2D eigenvalue weighted by molar-refractivity contribution is -0.141. The van der Waals surface area contributed by atoms with E-state index in [1.165, 1.54) is 0 Å². The van der Waals surface area contributed by atoms with E-state index in [4.69, 9.17) is 9.15 Å². The summed E-state index contributed by atoms with van der Waals surface area (Å²) in [7, 11) is 0. The number of hydrogen-bond donors (Lipinski definition) is 0. The fourth-order valence-corrected chi connectivity index (χ4v) is 3.44. The van der Waals surface area contributed by atoms with Crippen molar-refractivity contribution < 1.29 is 18.7 Å². The lowest BCUT2D eigenvalue weighted by Gasteiger charge is -2.28.